The zero-order valence-corrected chi connectivity index (χ0v) is 10.7. The number of nitrogens with one attached hydrogen (secondary N) is 1. The number of hydrogen-bond donors (Lipinski definition) is 2. The first-order valence-corrected chi connectivity index (χ1v) is 5.83. The van der Waals surface area contributed by atoms with Gasteiger partial charge in [-0.3, -0.25) is 4.79 Å². The van der Waals surface area contributed by atoms with Gasteiger partial charge in [0.05, 0.1) is 6.10 Å². The molecular weight excluding hydrogens is 228 g/mol. The first-order chi connectivity index (χ1) is 7.22. The van der Waals surface area contributed by atoms with E-state index in [9.17, 15) is 4.79 Å². The smallest absolute Gasteiger partial charge is 0.246 e. The molecule has 0 aromatic carbocycles. The van der Waals surface area contributed by atoms with Gasteiger partial charge in [0.25, 0.3) is 0 Å². The van der Waals surface area contributed by atoms with E-state index < -0.39 is 0 Å². The van der Waals surface area contributed by atoms with Crippen LogP contribution in [-0.2, 0) is 9.53 Å². The summed E-state index contributed by atoms with van der Waals surface area (Å²) in [5.41, 5.74) is 5.40. The highest BCUT2D eigenvalue weighted by Gasteiger charge is 2.15. The number of carbonyl (C=O) groups is 1. The molecule has 1 fully saturated rings. The topological polar surface area (TPSA) is 64.3 Å². The molecule has 96 valence electrons. The number of amides is 1. The zero-order valence-electron chi connectivity index (χ0n) is 9.91. The van der Waals surface area contributed by atoms with E-state index >= 15 is 0 Å². The fraction of sp³-hybridized carbons (Fsp3) is 0.909. The van der Waals surface area contributed by atoms with Crippen LogP contribution >= 0.6 is 12.4 Å². The summed E-state index contributed by atoms with van der Waals surface area (Å²) >= 11 is 0. The van der Waals surface area contributed by atoms with Gasteiger partial charge in [-0.25, -0.2) is 0 Å². The predicted octanol–water partition coefficient (Wildman–Crippen LogP) is 1.22. The van der Waals surface area contributed by atoms with E-state index in [2.05, 4.69) is 5.32 Å². The predicted molar refractivity (Wildman–Crippen MR) is 66.7 cm³/mol. The van der Waals surface area contributed by atoms with E-state index in [-0.39, 0.29) is 37.1 Å². The van der Waals surface area contributed by atoms with Gasteiger partial charge in [-0.1, -0.05) is 19.3 Å². The third-order valence-electron chi connectivity index (χ3n) is 2.76. The zero-order chi connectivity index (χ0) is 11.1. The van der Waals surface area contributed by atoms with Gasteiger partial charge in [-0.05, 0) is 19.8 Å². The third-order valence-corrected chi connectivity index (χ3v) is 2.76. The van der Waals surface area contributed by atoms with E-state index in [0.717, 1.165) is 12.8 Å². The van der Waals surface area contributed by atoms with E-state index in [1.807, 2.05) is 6.92 Å². The van der Waals surface area contributed by atoms with Crippen LogP contribution in [0.15, 0.2) is 0 Å². The van der Waals surface area contributed by atoms with Crippen LogP contribution in [0, 0.1) is 0 Å². The number of carbonyl (C=O) groups excluding carboxylic acids is 1. The van der Waals surface area contributed by atoms with Crippen LogP contribution in [0.3, 0.4) is 0 Å². The Bertz CT molecular complexity index is 196. The van der Waals surface area contributed by atoms with Gasteiger partial charge in [0, 0.05) is 12.6 Å². The monoisotopic (exact) mass is 250 g/mol. The molecule has 0 aromatic heterocycles. The molecule has 0 spiro atoms. The van der Waals surface area contributed by atoms with Crippen molar-refractivity contribution in [2.24, 2.45) is 5.73 Å². The van der Waals surface area contributed by atoms with Crippen molar-refractivity contribution >= 4 is 18.3 Å². The third kappa shape index (κ3) is 6.30. The van der Waals surface area contributed by atoms with Crippen molar-refractivity contribution in [1.29, 1.82) is 0 Å². The van der Waals surface area contributed by atoms with E-state index in [1.54, 1.807) is 0 Å². The Balaban J connectivity index is 0.00000225. The summed E-state index contributed by atoms with van der Waals surface area (Å²) in [5, 5.41) is 2.78. The summed E-state index contributed by atoms with van der Waals surface area (Å²) in [6.07, 6.45) is 6.24. The Labute approximate surface area is 104 Å². The molecule has 1 aliphatic rings. The molecule has 1 aliphatic carbocycles. The average Bonchev–Trinajstić information content (AvgIpc) is 2.27. The standard InChI is InChI=1S/C11H22N2O2.ClH/c1-9(7-12)13-11(14)8-15-10-5-3-2-4-6-10;/h9-10H,2-8,12H2,1H3,(H,13,14);1H/t9-;/m1./s1. The quantitative estimate of drug-likeness (QED) is 0.771. The highest BCUT2D eigenvalue weighted by molar-refractivity contribution is 5.85. The fourth-order valence-corrected chi connectivity index (χ4v) is 1.80. The molecule has 1 saturated carbocycles. The first kappa shape index (κ1) is 15.7. The number of ether oxygens (including phenoxy) is 1. The molecule has 1 rings (SSSR count). The van der Waals surface area contributed by atoms with Crippen LogP contribution < -0.4 is 11.1 Å². The molecule has 0 bridgehead atoms. The van der Waals surface area contributed by atoms with Crippen LogP contribution in [0.4, 0.5) is 0 Å². The molecular formula is C11H23ClN2O2. The molecule has 0 heterocycles. The van der Waals surface area contributed by atoms with Gasteiger partial charge in [0.2, 0.25) is 5.91 Å². The lowest BCUT2D eigenvalue weighted by molar-refractivity contribution is -0.128. The fourth-order valence-electron chi connectivity index (χ4n) is 1.80. The van der Waals surface area contributed by atoms with E-state index in [4.69, 9.17) is 10.5 Å². The number of nitrogens with two attached hydrogens (primary N) is 1. The molecule has 1 amide bonds. The summed E-state index contributed by atoms with van der Waals surface area (Å²) in [5.74, 6) is -0.0569. The molecule has 4 nitrogen and oxygen atoms in total. The maximum Gasteiger partial charge on any atom is 0.246 e. The SMILES string of the molecule is C[C@H](CN)NC(=O)COC1CCCCC1.Cl. The maximum absolute atomic E-state index is 11.4. The average molecular weight is 251 g/mol. The molecule has 0 aliphatic heterocycles. The van der Waals surface area contributed by atoms with Crippen molar-refractivity contribution in [2.45, 2.75) is 51.2 Å². The largest absolute Gasteiger partial charge is 0.368 e. The second kappa shape index (κ2) is 8.79. The number of halogens is 1. The summed E-state index contributed by atoms with van der Waals surface area (Å²) in [6, 6.07) is 0.0347. The summed E-state index contributed by atoms with van der Waals surface area (Å²) in [7, 11) is 0. The Kier molecular flexibility index (Phi) is 8.61. The second-order valence-corrected chi connectivity index (χ2v) is 4.28. The minimum Gasteiger partial charge on any atom is -0.368 e. The van der Waals surface area contributed by atoms with Gasteiger partial charge in [0.1, 0.15) is 6.61 Å². The minimum atomic E-state index is -0.0569. The highest BCUT2D eigenvalue weighted by Crippen LogP contribution is 2.19. The van der Waals surface area contributed by atoms with Crippen molar-refractivity contribution < 1.29 is 9.53 Å². The van der Waals surface area contributed by atoms with Crippen molar-refractivity contribution in [3.05, 3.63) is 0 Å². The molecule has 0 saturated heterocycles. The van der Waals surface area contributed by atoms with E-state index in [1.165, 1.54) is 19.3 Å². The lowest BCUT2D eigenvalue weighted by Gasteiger charge is -2.22. The molecule has 16 heavy (non-hydrogen) atoms. The number of hydrogen-bond acceptors (Lipinski definition) is 3. The van der Waals surface area contributed by atoms with Crippen LogP contribution in [0.1, 0.15) is 39.0 Å². The van der Waals surface area contributed by atoms with E-state index in [0.29, 0.717) is 6.54 Å². The van der Waals surface area contributed by atoms with Gasteiger partial charge < -0.3 is 15.8 Å². The van der Waals surface area contributed by atoms with Crippen molar-refractivity contribution in [3.63, 3.8) is 0 Å². The van der Waals surface area contributed by atoms with Gasteiger partial charge in [-0.2, -0.15) is 0 Å². The molecule has 1 atom stereocenters. The Morgan fingerprint density at radius 2 is 2.06 bits per heavy atom. The molecule has 5 heteroatoms. The van der Waals surface area contributed by atoms with Gasteiger partial charge in [-0.15, -0.1) is 12.4 Å². The summed E-state index contributed by atoms with van der Waals surface area (Å²) < 4.78 is 5.54. The second-order valence-electron chi connectivity index (χ2n) is 4.28. The minimum absolute atomic E-state index is 0. The van der Waals surface area contributed by atoms with Crippen molar-refractivity contribution in [2.75, 3.05) is 13.2 Å². The maximum atomic E-state index is 11.4. The Morgan fingerprint density at radius 3 is 2.62 bits per heavy atom. The van der Waals surface area contributed by atoms with Crippen molar-refractivity contribution in [1.82, 2.24) is 5.32 Å². The van der Waals surface area contributed by atoms with Gasteiger partial charge >= 0.3 is 0 Å². The van der Waals surface area contributed by atoms with Crippen LogP contribution in [-0.4, -0.2) is 31.2 Å². The highest BCUT2D eigenvalue weighted by atomic mass is 35.5. The van der Waals surface area contributed by atoms with Crippen LogP contribution in [0.5, 0.6) is 0 Å². The summed E-state index contributed by atoms with van der Waals surface area (Å²) in [4.78, 5) is 11.4. The molecule has 0 unspecified atom stereocenters. The summed E-state index contributed by atoms with van der Waals surface area (Å²) in [6.45, 7) is 2.53. The number of rotatable bonds is 5. The lowest BCUT2D eigenvalue weighted by atomic mass is 9.98. The van der Waals surface area contributed by atoms with Crippen LogP contribution in [0.25, 0.3) is 0 Å². The molecule has 0 aromatic rings. The van der Waals surface area contributed by atoms with Crippen molar-refractivity contribution in [3.8, 4) is 0 Å². The first-order valence-electron chi connectivity index (χ1n) is 5.83. The Morgan fingerprint density at radius 1 is 1.44 bits per heavy atom. The van der Waals surface area contributed by atoms with Crippen LogP contribution in [0.2, 0.25) is 0 Å². The normalized spacial score (nSPS) is 18.6. The lowest BCUT2D eigenvalue weighted by Crippen LogP contribution is -2.40. The van der Waals surface area contributed by atoms with Gasteiger partial charge in [0.15, 0.2) is 0 Å². The molecule has 3 N–H and O–H groups in total. The Hall–Kier alpha value is -0.320. The molecule has 0 radical (unpaired) electrons.